The van der Waals surface area contributed by atoms with Crippen LogP contribution in [0, 0.1) is 0 Å². The monoisotopic (exact) mass is 281 g/mol. The number of aromatic nitrogens is 4. The standard InChI is InChI=1S/C15H15N5O/c1-19(2)13-9-14(17-10-16-13)20-15(21)8-12(18-20)11-6-4-3-5-7-11/h3-10,18H,1-2H3. The lowest BCUT2D eigenvalue weighted by Gasteiger charge is -2.11. The zero-order valence-corrected chi connectivity index (χ0v) is 11.8. The Morgan fingerprint density at radius 1 is 1.10 bits per heavy atom. The molecular formula is C15H15N5O. The summed E-state index contributed by atoms with van der Waals surface area (Å²) in [5, 5.41) is 3.08. The van der Waals surface area contributed by atoms with Crippen molar-refractivity contribution in [1.29, 1.82) is 0 Å². The predicted molar refractivity (Wildman–Crippen MR) is 81.7 cm³/mol. The van der Waals surface area contributed by atoms with Gasteiger partial charge in [0.25, 0.3) is 5.56 Å². The summed E-state index contributed by atoms with van der Waals surface area (Å²) >= 11 is 0. The van der Waals surface area contributed by atoms with E-state index in [0.29, 0.717) is 5.82 Å². The fourth-order valence-corrected chi connectivity index (χ4v) is 2.04. The molecule has 0 unspecified atom stereocenters. The normalized spacial score (nSPS) is 10.6. The van der Waals surface area contributed by atoms with Crippen LogP contribution in [0.3, 0.4) is 0 Å². The van der Waals surface area contributed by atoms with E-state index < -0.39 is 0 Å². The first-order chi connectivity index (χ1) is 10.1. The van der Waals surface area contributed by atoms with Gasteiger partial charge in [0.1, 0.15) is 12.1 Å². The van der Waals surface area contributed by atoms with Gasteiger partial charge in [0.2, 0.25) is 0 Å². The van der Waals surface area contributed by atoms with Gasteiger partial charge in [-0.1, -0.05) is 30.3 Å². The largest absolute Gasteiger partial charge is 0.363 e. The van der Waals surface area contributed by atoms with Crippen molar-refractivity contribution in [3.63, 3.8) is 0 Å². The quantitative estimate of drug-likeness (QED) is 0.793. The minimum atomic E-state index is -0.155. The van der Waals surface area contributed by atoms with E-state index in [9.17, 15) is 4.79 Å². The molecule has 0 aliphatic heterocycles. The average molecular weight is 281 g/mol. The molecule has 21 heavy (non-hydrogen) atoms. The first-order valence-corrected chi connectivity index (χ1v) is 6.52. The number of nitrogens with zero attached hydrogens (tertiary/aromatic N) is 4. The van der Waals surface area contributed by atoms with Gasteiger partial charge in [0.15, 0.2) is 5.82 Å². The Balaban J connectivity index is 2.06. The molecule has 0 saturated carbocycles. The highest BCUT2D eigenvalue weighted by Gasteiger charge is 2.09. The van der Waals surface area contributed by atoms with Gasteiger partial charge in [-0.3, -0.25) is 9.89 Å². The van der Waals surface area contributed by atoms with Crippen LogP contribution >= 0.6 is 0 Å². The Labute approximate surface area is 121 Å². The Morgan fingerprint density at radius 2 is 1.86 bits per heavy atom. The molecule has 0 aliphatic rings. The molecule has 106 valence electrons. The van der Waals surface area contributed by atoms with Crippen molar-refractivity contribution >= 4 is 5.82 Å². The number of nitrogens with one attached hydrogen (secondary N) is 1. The number of aromatic amines is 1. The van der Waals surface area contributed by atoms with Crippen molar-refractivity contribution in [1.82, 2.24) is 19.7 Å². The number of benzene rings is 1. The molecule has 0 amide bonds. The lowest BCUT2D eigenvalue weighted by atomic mass is 10.2. The van der Waals surface area contributed by atoms with Crippen molar-refractivity contribution < 1.29 is 0 Å². The minimum absolute atomic E-state index is 0.155. The minimum Gasteiger partial charge on any atom is -0.363 e. The smallest absolute Gasteiger partial charge is 0.273 e. The molecule has 0 radical (unpaired) electrons. The molecule has 3 aromatic rings. The van der Waals surface area contributed by atoms with Crippen molar-refractivity contribution in [2.75, 3.05) is 19.0 Å². The van der Waals surface area contributed by atoms with Gasteiger partial charge in [-0.15, -0.1) is 0 Å². The van der Waals surface area contributed by atoms with Gasteiger partial charge in [0.05, 0.1) is 5.69 Å². The van der Waals surface area contributed by atoms with Gasteiger partial charge in [-0.2, -0.15) is 0 Å². The average Bonchev–Trinajstić information content (AvgIpc) is 2.90. The second-order valence-corrected chi connectivity index (χ2v) is 4.84. The maximum Gasteiger partial charge on any atom is 0.273 e. The maximum atomic E-state index is 12.2. The highest BCUT2D eigenvalue weighted by molar-refractivity contribution is 5.58. The lowest BCUT2D eigenvalue weighted by Crippen LogP contribution is -2.17. The van der Waals surface area contributed by atoms with Crippen molar-refractivity contribution in [3.8, 4) is 17.1 Å². The van der Waals surface area contributed by atoms with Gasteiger partial charge in [-0.25, -0.2) is 14.6 Å². The summed E-state index contributed by atoms with van der Waals surface area (Å²) in [6, 6.07) is 13.0. The third kappa shape index (κ3) is 2.55. The van der Waals surface area contributed by atoms with E-state index in [1.165, 1.54) is 11.0 Å². The second-order valence-electron chi connectivity index (χ2n) is 4.84. The van der Waals surface area contributed by atoms with Gasteiger partial charge < -0.3 is 4.90 Å². The molecule has 2 aromatic heterocycles. The highest BCUT2D eigenvalue weighted by Crippen LogP contribution is 2.16. The number of H-pyrrole nitrogens is 1. The third-order valence-corrected chi connectivity index (χ3v) is 3.13. The SMILES string of the molecule is CN(C)c1cc(-n2[nH]c(-c3ccccc3)cc2=O)ncn1. The van der Waals surface area contributed by atoms with Crippen LogP contribution in [-0.2, 0) is 0 Å². The van der Waals surface area contributed by atoms with Crippen LogP contribution in [0.15, 0.2) is 53.6 Å². The van der Waals surface area contributed by atoms with E-state index in [1.54, 1.807) is 12.1 Å². The Bertz CT molecular complexity index is 804. The van der Waals surface area contributed by atoms with Crippen LogP contribution in [0.4, 0.5) is 5.82 Å². The van der Waals surface area contributed by atoms with E-state index >= 15 is 0 Å². The summed E-state index contributed by atoms with van der Waals surface area (Å²) < 4.78 is 1.41. The topological polar surface area (TPSA) is 66.8 Å². The van der Waals surface area contributed by atoms with Crippen LogP contribution in [0.5, 0.6) is 0 Å². The van der Waals surface area contributed by atoms with Gasteiger partial charge in [-0.05, 0) is 5.56 Å². The zero-order valence-electron chi connectivity index (χ0n) is 11.8. The third-order valence-electron chi connectivity index (χ3n) is 3.13. The first-order valence-electron chi connectivity index (χ1n) is 6.52. The molecule has 0 fully saturated rings. The van der Waals surface area contributed by atoms with Crippen LogP contribution in [-0.4, -0.2) is 33.8 Å². The Morgan fingerprint density at radius 3 is 2.57 bits per heavy atom. The summed E-state index contributed by atoms with van der Waals surface area (Å²) in [6.07, 6.45) is 1.44. The Hall–Kier alpha value is -2.89. The number of anilines is 1. The predicted octanol–water partition coefficient (Wildman–Crippen LogP) is 1.69. The van der Waals surface area contributed by atoms with E-state index in [4.69, 9.17) is 0 Å². The molecule has 0 saturated heterocycles. The summed E-state index contributed by atoms with van der Waals surface area (Å²) in [5.74, 6) is 1.25. The summed E-state index contributed by atoms with van der Waals surface area (Å²) in [5.41, 5.74) is 1.55. The molecule has 2 heterocycles. The second kappa shape index (κ2) is 5.24. The summed E-state index contributed by atoms with van der Waals surface area (Å²) in [4.78, 5) is 22.3. The molecule has 0 aliphatic carbocycles. The lowest BCUT2D eigenvalue weighted by molar-refractivity contribution is 0.813. The molecule has 6 heteroatoms. The molecule has 3 rings (SSSR count). The van der Waals surface area contributed by atoms with Crippen LogP contribution in [0.2, 0.25) is 0 Å². The molecule has 6 nitrogen and oxygen atoms in total. The van der Waals surface area contributed by atoms with Crippen LogP contribution < -0.4 is 10.5 Å². The van der Waals surface area contributed by atoms with Crippen LogP contribution in [0.1, 0.15) is 0 Å². The number of hydrogen-bond acceptors (Lipinski definition) is 4. The van der Waals surface area contributed by atoms with E-state index in [1.807, 2.05) is 49.3 Å². The van der Waals surface area contributed by atoms with E-state index in [2.05, 4.69) is 15.1 Å². The number of rotatable bonds is 3. The summed E-state index contributed by atoms with van der Waals surface area (Å²) in [6.45, 7) is 0. The molecule has 1 N–H and O–H groups in total. The van der Waals surface area contributed by atoms with Crippen LogP contribution in [0.25, 0.3) is 17.1 Å². The van der Waals surface area contributed by atoms with Gasteiger partial charge >= 0.3 is 0 Å². The van der Waals surface area contributed by atoms with Gasteiger partial charge in [0, 0.05) is 26.2 Å². The number of hydrogen-bond donors (Lipinski definition) is 1. The maximum absolute atomic E-state index is 12.2. The molecular weight excluding hydrogens is 266 g/mol. The van der Waals surface area contributed by atoms with E-state index in [0.717, 1.165) is 17.1 Å². The van der Waals surface area contributed by atoms with Crippen molar-refractivity contribution in [2.45, 2.75) is 0 Å². The summed E-state index contributed by atoms with van der Waals surface area (Å²) in [7, 11) is 3.78. The van der Waals surface area contributed by atoms with Crippen molar-refractivity contribution in [3.05, 3.63) is 59.1 Å². The molecule has 1 aromatic carbocycles. The highest BCUT2D eigenvalue weighted by atomic mass is 16.1. The zero-order chi connectivity index (χ0) is 14.8. The fourth-order valence-electron chi connectivity index (χ4n) is 2.04. The molecule has 0 bridgehead atoms. The van der Waals surface area contributed by atoms with E-state index in [-0.39, 0.29) is 5.56 Å². The molecule has 0 atom stereocenters. The molecule has 0 spiro atoms. The van der Waals surface area contributed by atoms with Crippen molar-refractivity contribution in [2.24, 2.45) is 0 Å². The Kier molecular flexibility index (Phi) is 3.27. The first kappa shape index (κ1) is 13.1. The fraction of sp³-hybridized carbons (Fsp3) is 0.133.